The van der Waals surface area contributed by atoms with E-state index in [2.05, 4.69) is 16.9 Å². The number of nitrogen functional groups attached to an aromatic ring is 1. The molecule has 0 aliphatic rings. The summed E-state index contributed by atoms with van der Waals surface area (Å²) in [5.74, 6) is 0.331. The summed E-state index contributed by atoms with van der Waals surface area (Å²) in [5, 5.41) is 0. The molecule has 0 saturated carbocycles. The van der Waals surface area contributed by atoms with E-state index in [1.54, 1.807) is 6.92 Å². The Morgan fingerprint density at radius 1 is 1.12 bits per heavy atom. The molecule has 0 aliphatic heterocycles. The van der Waals surface area contributed by atoms with Gasteiger partial charge in [-0.25, -0.2) is 9.97 Å². The zero-order valence-corrected chi connectivity index (χ0v) is 14.2. The van der Waals surface area contributed by atoms with E-state index in [1.165, 1.54) is 19.3 Å². The first-order chi connectivity index (χ1) is 11.5. The van der Waals surface area contributed by atoms with E-state index in [-0.39, 0.29) is 11.5 Å². The summed E-state index contributed by atoms with van der Waals surface area (Å²) < 4.78 is 5.72. The quantitative estimate of drug-likeness (QED) is 0.725. The van der Waals surface area contributed by atoms with Gasteiger partial charge in [-0.1, -0.05) is 26.2 Å². The van der Waals surface area contributed by atoms with Crippen molar-refractivity contribution in [2.75, 3.05) is 12.3 Å². The molecule has 4 N–H and O–H groups in total. The van der Waals surface area contributed by atoms with E-state index >= 15 is 0 Å². The summed E-state index contributed by atoms with van der Waals surface area (Å²) in [7, 11) is 0. The first-order valence-corrected chi connectivity index (χ1v) is 8.20. The topological polar surface area (TPSA) is 104 Å². The molecule has 128 valence electrons. The number of aromatic nitrogens is 2. The highest BCUT2D eigenvalue weighted by molar-refractivity contribution is 6.00. The van der Waals surface area contributed by atoms with Gasteiger partial charge in [0, 0.05) is 5.56 Å². The average Bonchev–Trinajstić information content (AvgIpc) is 2.54. The molecule has 0 atom stereocenters. The van der Waals surface area contributed by atoms with Crippen LogP contribution in [0.3, 0.4) is 0 Å². The molecular formula is C18H24N4O2. The molecule has 6 heteroatoms. The normalized spacial score (nSPS) is 10.6. The van der Waals surface area contributed by atoms with E-state index in [0.717, 1.165) is 17.7 Å². The van der Waals surface area contributed by atoms with Crippen LogP contribution in [-0.2, 0) is 0 Å². The van der Waals surface area contributed by atoms with Crippen LogP contribution >= 0.6 is 0 Å². The van der Waals surface area contributed by atoms with Crippen molar-refractivity contribution in [3.63, 3.8) is 0 Å². The minimum Gasteiger partial charge on any atom is -0.494 e. The number of ether oxygens (including phenoxy) is 1. The molecule has 0 saturated heterocycles. The molecule has 24 heavy (non-hydrogen) atoms. The van der Waals surface area contributed by atoms with Crippen molar-refractivity contribution >= 4 is 11.9 Å². The Bertz CT molecular complexity index is 699. The zero-order chi connectivity index (χ0) is 17.5. The van der Waals surface area contributed by atoms with E-state index in [1.807, 2.05) is 24.3 Å². The third-order valence-electron chi connectivity index (χ3n) is 3.75. The molecule has 2 aromatic rings. The predicted molar refractivity (Wildman–Crippen MR) is 94.8 cm³/mol. The van der Waals surface area contributed by atoms with Gasteiger partial charge < -0.3 is 16.2 Å². The smallest absolute Gasteiger partial charge is 0.252 e. The summed E-state index contributed by atoms with van der Waals surface area (Å²) in [5.41, 5.74) is 13.1. The Morgan fingerprint density at radius 3 is 2.46 bits per heavy atom. The molecule has 6 nitrogen and oxygen atoms in total. The Kier molecular flexibility index (Phi) is 6.12. The fraction of sp³-hybridized carbons (Fsp3) is 0.389. The van der Waals surface area contributed by atoms with Crippen LogP contribution < -0.4 is 16.2 Å². The second kappa shape index (κ2) is 8.29. The van der Waals surface area contributed by atoms with Crippen molar-refractivity contribution in [1.29, 1.82) is 0 Å². The Balaban J connectivity index is 2.15. The molecule has 0 radical (unpaired) electrons. The Hall–Kier alpha value is -2.63. The highest BCUT2D eigenvalue weighted by Gasteiger charge is 2.17. The number of carbonyl (C=O) groups excluding carboxylic acids is 1. The predicted octanol–water partition coefficient (Wildman–Crippen LogP) is 3.09. The van der Waals surface area contributed by atoms with Crippen LogP contribution in [0.15, 0.2) is 24.3 Å². The number of nitrogens with zero attached hydrogens (tertiary/aromatic N) is 2. The van der Waals surface area contributed by atoms with Gasteiger partial charge in [0.15, 0.2) is 0 Å². The van der Waals surface area contributed by atoms with Crippen LogP contribution in [0.1, 0.15) is 48.7 Å². The second-order valence-corrected chi connectivity index (χ2v) is 5.69. The summed E-state index contributed by atoms with van der Waals surface area (Å²) in [6.07, 6.45) is 4.66. The molecule has 0 aliphatic carbocycles. The number of nitrogens with two attached hydrogens (primary N) is 2. The van der Waals surface area contributed by atoms with E-state index in [0.29, 0.717) is 18.0 Å². The number of amides is 1. The summed E-state index contributed by atoms with van der Waals surface area (Å²) in [4.78, 5) is 19.9. The molecule has 0 fully saturated rings. The number of primary amides is 1. The monoisotopic (exact) mass is 328 g/mol. The van der Waals surface area contributed by atoms with Crippen molar-refractivity contribution in [2.45, 2.75) is 39.5 Å². The molecule has 1 amide bonds. The van der Waals surface area contributed by atoms with Crippen molar-refractivity contribution in [2.24, 2.45) is 5.73 Å². The first kappa shape index (κ1) is 17.7. The van der Waals surface area contributed by atoms with Crippen LogP contribution in [0.25, 0.3) is 11.3 Å². The number of aryl methyl sites for hydroxylation is 1. The third kappa shape index (κ3) is 4.44. The maximum atomic E-state index is 11.7. The van der Waals surface area contributed by atoms with Crippen LogP contribution in [0.5, 0.6) is 5.75 Å². The number of hydrogen-bond acceptors (Lipinski definition) is 5. The minimum atomic E-state index is -0.571. The standard InChI is InChI=1S/C18H24N4O2/c1-3-4-5-6-11-24-14-9-7-13(8-10-14)16-15(17(19)23)12(2)21-18(20)22-16/h7-10H,3-6,11H2,1-2H3,(H2,19,23)(H2,20,21,22). The van der Waals surface area contributed by atoms with Gasteiger partial charge in [0.05, 0.1) is 23.6 Å². The molecule has 1 aromatic carbocycles. The van der Waals surface area contributed by atoms with Crippen LogP contribution in [0.4, 0.5) is 5.95 Å². The fourth-order valence-electron chi connectivity index (χ4n) is 2.53. The maximum absolute atomic E-state index is 11.7. The Labute approximate surface area is 142 Å². The highest BCUT2D eigenvalue weighted by atomic mass is 16.5. The van der Waals surface area contributed by atoms with Crippen molar-refractivity contribution in [3.8, 4) is 17.0 Å². The van der Waals surface area contributed by atoms with Gasteiger partial charge in [0.2, 0.25) is 5.95 Å². The van der Waals surface area contributed by atoms with Crippen LogP contribution in [-0.4, -0.2) is 22.5 Å². The maximum Gasteiger partial charge on any atom is 0.252 e. The van der Waals surface area contributed by atoms with Crippen molar-refractivity contribution in [1.82, 2.24) is 9.97 Å². The van der Waals surface area contributed by atoms with Crippen molar-refractivity contribution in [3.05, 3.63) is 35.5 Å². The van der Waals surface area contributed by atoms with E-state index in [4.69, 9.17) is 16.2 Å². The summed E-state index contributed by atoms with van der Waals surface area (Å²) in [6.45, 7) is 4.57. The first-order valence-electron chi connectivity index (χ1n) is 8.20. The number of hydrogen-bond donors (Lipinski definition) is 2. The largest absolute Gasteiger partial charge is 0.494 e. The molecule has 1 heterocycles. The number of rotatable bonds is 8. The lowest BCUT2D eigenvalue weighted by atomic mass is 10.0. The van der Waals surface area contributed by atoms with Crippen LogP contribution in [0.2, 0.25) is 0 Å². The molecule has 0 spiro atoms. The Morgan fingerprint density at radius 2 is 1.83 bits per heavy atom. The number of anilines is 1. The van der Waals surface area contributed by atoms with Crippen molar-refractivity contribution < 1.29 is 9.53 Å². The van der Waals surface area contributed by atoms with Gasteiger partial charge in [-0.05, 0) is 37.6 Å². The lowest BCUT2D eigenvalue weighted by Gasteiger charge is -2.11. The lowest BCUT2D eigenvalue weighted by Crippen LogP contribution is -2.17. The molecule has 2 rings (SSSR count). The number of carbonyl (C=O) groups is 1. The van der Waals surface area contributed by atoms with Gasteiger partial charge in [0.25, 0.3) is 5.91 Å². The van der Waals surface area contributed by atoms with Gasteiger partial charge in [-0.15, -0.1) is 0 Å². The summed E-state index contributed by atoms with van der Waals surface area (Å²) in [6, 6.07) is 7.39. The van der Waals surface area contributed by atoms with E-state index in [9.17, 15) is 4.79 Å². The molecule has 0 unspecified atom stereocenters. The van der Waals surface area contributed by atoms with Gasteiger partial charge in [0.1, 0.15) is 5.75 Å². The molecule has 1 aromatic heterocycles. The highest BCUT2D eigenvalue weighted by Crippen LogP contribution is 2.26. The third-order valence-corrected chi connectivity index (χ3v) is 3.75. The number of benzene rings is 1. The summed E-state index contributed by atoms with van der Waals surface area (Å²) >= 11 is 0. The molecule has 0 bridgehead atoms. The van der Waals surface area contributed by atoms with Crippen LogP contribution in [0, 0.1) is 6.92 Å². The second-order valence-electron chi connectivity index (χ2n) is 5.69. The minimum absolute atomic E-state index is 0.115. The van der Waals surface area contributed by atoms with Gasteiger partial charge in [-0.2, -0.15) is 0 Å². The van der Waals surface area contributed by atoms with Gasteiger partial charge >= 0.3 is 0 Å². The lowest BCUT2D eigenvalue weighted by molar-refractivity contribution is 0.0999. The fourth-order valence-corrected chi connectivity index (χ4v) is 2.53. The number of unbranched alkanes of at least 4 members (excludes halogenated alkanes) is 3. The zero-order valence-electron chi connectivity index (χ0n) is 14.2. The molecular weight excluding hydrogens is 304 g/mol. The van der Waals surface area contributed by atoms with Gasteiger partial charge in [-0.3, -0.25) is 4.79 Å². The average molecular weight is 328 g/mol. The van der Waals surface area contributed by atoms with E-state index < -0.39 is 5.91 Å². The SMILES string of the molecule is CCCCCCOc1ccc(-c2nc(N)nc(C)c2C(N)=O)cc1.